The van der Waals surface area contributed by atoms with E-state index in [1.807, 2.05) is 18.2 Å². The molecule has 16 heavy (non-hydrogen) atoms. The Bertz CT molecular complexity index is 342. The lowest BCUT2D eigenvalue weighted by Crippen LogP contribution is -2.39. The molecule has 0 bridgehead atoms. The van der Waals surface area contributed by atoms with Gasteiger partial charge in [0.15, 0.2) is 0 Å². The number of carbonyl (C=O) groups is 1. The van der Waals surface area contributed by atoms with Crippen molar-refractivity contribution in [3.8, 4) is 5.75 Å². The third-order valence-electron chi connectivity index (χ3n) is 2.82. The van der Waals surface area contributed by atoms with Crippen LogP contribution in [0.3, 0.4) is 0 Å². The lowest BCUT2D eigenvalue weighted by Gasteiger charge is -2.29. The first-order valence-electron chi connectivity index (χ1n) is 5.60. The highest BCUT2D eigenvalue weighted by atomic mass is 16.6. The zero-order chi connectivity index (χ0) is 11.4. The first kappa shape index (κ1) is 11.0. The molecule has 0 aromatic heterocycles. The summed E-state index contributed by atoms with van der Waals surface area (Å²) in [5.41, 5.74) is 0. The Balaban J connectivity index is 1.89. The summed E-state index contributed by atoms with van der Waals surface area (Å²) in [5.74, 6) is 1.07. The van der Waals surface area contributed by atoms with Crippen molar-refractivity contribution in [2.75, 3.05) is 13.1 Å². The number of likely N-dealkylation sites (tertiary alicyclic amines) is 1. The summed E-state index contributed by atoms with van der Waals surface area (Å²) in [5, 5.41) is 0. The molecule has 1 aliphatic rings. The third-order valence-corrected chi connectivity index (χ3v) is 2.82. The predicted molar refractivity (Wildman–Crippen MR) is 62.1 cm³/mol. The monoisotopic (exact) mass is 218 g/mol. The molecule has 1 heterocycles. The molecule has 1 aliphatic heterocycles. The van der Waals surface area contributed by atoms with E-state index >= 15 is 0 Å². The summed E-state index contributed by atoms with van der Waals surface area (Å²) < 4.78 is 5.26. The van der Waals surface area contributed by atoms with E-state index in [4.69, 9.17) is 4.74 Å². The number of hydrogen-bond acceptors (Lipinski definition) is 2. The molecule has 0 unspecified atom stereocenters. The SMILES string of the molecule is [CH2]C1CCN(C(=O)Oc2ccccc2)CC1. The Morgan fingerprint density at radius 3 is 2.50 bits per heavy atom. The number of piperidine rings is 1. The van der Waals surface area contributed by atoms with Crippen molar-refractivity contribution in [2.24, 2.45) is 5.92 Å². The maximum atomic E-state index is 11.8. The number of nitrogens with zero attached hydrogens (tertiary/aromatic N) is 1. The topological polar surface area (TPSA) is 29.5 Å². The van der Waals surface area contributed by atoms with Gasteiger partial charge in [-0.2, -0.15) is 0 Å². The number of ether oxygens (including phenoxy) is 1. The molecule has 0 aliphatic carbocycles. The molecule has 3 heteroatoms. The van der Waals surface area contributed by atoms with Crippen molar-refractivity contribution in [1.29, 1.82) is 0 Å². The Kier molecular flexibility index (Phi) is 3.44. The Morgan fingerprint density at radius 1 is 1.25 bits per heavy atom. The molecule has 1 saturated heterocycles. The van der Waals surface area contributed by atoms with Crippen molar-refractivity contribution in [3.63, 3.8) is 0 Å². The van der Waals surface area contributed by atoms with E-state index in [1.54, 1.807) is 17.0 Å². The second kappa shape index (κ2) is 5.01. The largest absolute Gasteiger partial charge is 0.415 e. The van der Waals surface area contributed by atoms with Crippen molar-refractivity contribution in [2.45, 2.75) is 12.8 Å². The van der Waals surface area contributed by atoms with E-state index in [9.17, 15) is 4.79 Å². The number of hydrogen-bond donors (Lipinski definition) is 0. The maximum absolute atomic E-state index is 11.8. The van der Waals surface area contributed by atoms with Crippen molar-refractivity contribution in [3.05, 3.63) is 37.3 Å². The van der Waals surface area contributed by atoms with Crippen LogP contribution in [0.15, 0.2) is 30.3 Å². The number of benzene rings is 1. The van der Waals surface area contributed by atoms with Crippen LogP contribution in [0.4, 0.5) is 4.79 Å². The van der Waals surface area contributed by atoms with Crippen LogP contribution in [0.5, 0.6) is 5.75 Å². The summed E-state index contributed by atoms with van der Waals surface area (Å²) in [6.07, 6.45) is 1.67. The van der Waals surface area contributed by atoms with Crippen molar-refractivity contribution >= 4 is 6.09 Å². The van der Waals surface area contributed by atoms with Crippen molar-refractivity contribution in [1.82, 2.24) is 4.90 Å². The van der Waals surface area contributed by atoms with E-state index in [2.05, 4.69) is 6.92 Å². The van der Waals surface area contributed by atoms with Gasteiger partial charge < -0.3 is 9.64 Å². The van der Waals surface area contributed by atoms with E-state index in [1.165, 1.54) is 0 Å². The minimum Gasteiger partial charge on any atom is -0.410 e. The first-order chi connectivity index (χ1) is 7.75. The molecule has 0 spiro atoms. The van der Waals surface area contributed by atoms with Crippen LogP contribution >= 0.6 is 0 Å². The minimum absolute atomic E-state index is 0.252. The Morgan fingerprint density at radius 2 is 1.88 bits per heavy atom. The number of carbonyl (C=O) groups excluding carboxylic acids is 1. The van der Waals surface area contributed by atoms with Gasteiger partial charge in [-0.05, 0) is 30.9 Å². The van der Waals surface area contributed by atoms with Gasteiger partial charge in [-0.15, -0.1) is 0 Å². The standard InChI is InChI=1S/C13H16NO2/c1-11-7-9-14(10-8-11)13(15)16-12-5-3-2-4-6-12/h2-6,11H,1,7-10H2. The molecule has 1 aromatic rings. The minimum atomic E-state index is -0.252. The van der Waals surface area contributed by atoms with E-state index in [-0.39, 0.29) is 6.09 Å². The molecule has 2 rings (SSSR count). The molecule has 0 saturated carbocycles. The number of para-hydroxylation sites is 1. The van der Waals surface area contributed by atoms with Gasteiger partial charge >= 0.3 is 6.09 Å². The van der Waals surface area contributed by atoms with E-state index < -0.39 is 0 Å². The van der Waals surface area contributed by atoms with Gasteiger partial charge in [0.2, 0.25) is 0 Å². The summed E-state index contributed by atoms with van der Waals surface area (Å²) in [7, 11) is 0. The quantitative estimate of drug-likeness (QED) is 0.725. The van der Waals surface area contributed by atoms with Crippen LogP contribution in [0.25, 0.3) is 0 Å². The van der Waals surface area contributed by atoms with Gasteiger partial charge in [0.25, 0.3) is 0 Å². The van der Waals surface area contributed by atoms with Gasteiger partial charge in [0.1, 0.15) is 5.75 Å². The predicted octanol–water partition coefficient (Wildman–Crippen LogP) is 2.73. The van der Waals surface area contributed by atoms with E-state index in [0.717, 1.165) is 25.9 Å². The summed E-state index contributed by atoms with van der Waals surface area (Å²) in [4.78, 5) is 13.5. The number of rotatable bonds is 1. The van der Waals surface area contributed by atoms with Gasteiger partial charge in [-0.3, -0.25) is 0 Å². The van der Waals surface area contributed by atoms with Crippen LogP contribution in [-0.2, 0) is 0 Å². The molecule has 1 fully saturated rings. The zero-order valence-corrected chi connectivity index (χ0v) is 9.26. The van der Waals surface area contributed by atoms with Crippen LogP contribution < -0.4 is 4.74 Å². The van der Waals surface area contributed by atoms with Gasteiger partial charge in [0.05, 0.1) is 0 Å². The lowest BCUT2D eigenvalue weighted by atomic mass is 10.00. The Hall–Kier alpha value is -1.51. The second-order valence-corrected chi connectivity index (χ2v) is 4.11. The molecule has 85 valence electrons. The number of amides is 1. The molecule has 3 nitrogen and oxygen atoms in total. The summed E-state index contributed by atoms with van der Waals surface area (Å²) in [6.45, 7) is 5.50. The zero-order valence-electron chi connectivity index (χ0n) is 9.26. The average molecular weight is 218 g/mol. The molecular formula is C13H16NO2. The van der Waals surface area contributed by atoms with Crippen molar-refractivity contribution < 1.29 is 9.53 Å². The molecule has 0 N–H and O–H groups in total. The lowest BCUT2D eigenvalue weighted by molar-refractivity contribution is 0.136. The van der Waals surface area contributed by atoms with Crippen LogP contribution in [-0.4, -0.2) is 24.1 Å². The second-order valence-electron chi connectivity index (χ2n) is 4.11. The highest BCUT2D eigenvalue weighted by molar-refractivity contribution is 5.70. The fourth-order valence-corrected chi connectivity index (χ4v) is 1.77. The maximum Gasteiger partial charge on any atom is 0.415 e. The van der Waals surface area contributed by atoms with Crippen LogP contribution in [0.1, 0.15) is 12.8 Å². The fraction of sp³-hybridized carbons (Fsp3) is 0.385. The van der Waals surface area contributed by atoms with Crippen LogP contribution in [0.2, 0.25) is 0 Å². The highest BCUT2D eigenvalue weighted by Gasteiger charge is 2.21. The van der Waals surface area contributed by atoms with Gasteiger partial charge in [0, 0.05) is 13.1 Å². The molecule has 1 radical (unpaired) electrons. The third kappa shape index (κ3) is 2.75. The summed E-state index contributed by atoms with van der Waals surface area (Å²) in [6, 6.07) is 9.17. The van der Waals surface area contributed by atoms with Gasteiger partial charge in [-0.1, -0.05) is 25.1 Å². The molecule has 0 atom stereocenters. The molecule has 1 aromatic carbocycles. The fourth-order valence-electron chi connectivity index (χ4n) is 1.77. The van der Waals surface area contributed by atoms with E-state index in [0.29, 0.717) is 11.7 Å². The molecule has 1 amide bonds. The molecular weight excluding hydrogens is 202 g/mol. The first-order valence-corrected chi connectivity index (χ1v) is 5.60. The van der Waals surface area contributed by atoms with Crippen LogP contribution in [0, 0.1) is 12.8 Å². The smallest absolute Gasteiger partial charge is 0.410 e. The summed E-state index contributed by atoms with van der Waals surface area (Å²) >= 11 is 0. The van der Waals surface area contributed by atoms with Gasteiger partial charge in [-0.25, -0.2) is 4.79 Å². The Labute approximate surface area is 96.0 Å². The normalized spacial score (nSPS) is 17.2. The average Bonchev–Trinajstić information content (AvgIpc) is 2.31. The highest BCUT2D eigenvalue weighted by Crippen LogP contribution is 2.17.